The zero-order valence-electron chi connectivity index (χ0n) is 13.7. The van der Waals surface area contributed by atoms with Crippen molar-refractivity contribution in [2.24, 2.45) is 5.73 Å². The Morgan fingerprint density at radius 3 is 2.33 bits per heavy atom. The van der Waals surface area contributed by atoms with Crippen LogP contribution in [0.2, 0.25) is 0 Å². The first kappa shape index (κ1) is 20.7. The molecule has 2 aromatic rings. The Morgan fingerprint density at radius 2 is 1.81 bits per heavy atom. The van der Waals surface area contributed by atoms with Crippen LogP contribution in [-0.2, 0) is 9.59 Å². The molecule has 1 atom stereocenters. The molecule has 142 valence electrons. The van der Waals surface area contributed by atoms with Crippen molar-refractivity contribution in [2.45, 2.75) is 6.04 Å². The SMILES string of the molecule is N=C(N)c1ccc(NC(C(=O)O)c2cc(Br)cc(Br)c2OCC(=O)O)cc1. The maximum Gasteiger partial charge on any atom is 0.341 e. The van der Waals surface area contributed by atoms with Crippen LogP contribution < -0.4 is 15.8 Å². The number of nitrogens with one attached hydrogen (secondary N) is 2. The molecule has 0 aliphatic carbocycles. The van der Waals surface area contributed by atoms with Crippen LogP contribution in [0.3, 0.4) is 0 Å². The number of anilines is 1. The molecule has 2 rings (SSSR count). The number of nitrogen functional groups attached to an aromatic ring is 1. The third kappa shape index (κ3) is 5.44. The molecule has 2 aromatic carbocycles. The van der Waals surface area contributed by atoms with Gasteiger partial charge in [-0.15, -0.1) is 0 Å². The molecule has 0 spiro atoms. The van der Waals surface area contributed by atoms with E-state index in [-0.39, 0.29) is 17.1 Å². The second-order valence-corrected chi connectivity index (χ2v) is 7.17. The molecule has 0 amide bonds. The summed E-state index contributed by atoms with van der Waals surface area (Å²) in [7, 11) is 0. The number of ether oxygens (including phenoxy) is 1. The van der Waals surface area contributed by atoms with Crippen LogP contribution in [0, 0.1) is 5.41 Å². The molecule has 0 saturated heterocycles. The lowest BCUT2D eigenvalue weighted by molar-refractivity contribution is -0.139. The zero-order chi connectivity index (χ0) is 20.1. The maximum absolute atomic E-state index is 11.9. The van der Waals surface area contributed by atoms with Crippen molar-refractivity contribution in [3.05, 3.63) is 56.5 Å². The molecule has 0 saturated carbocycles. The highest BCUT2D eigenvalue weighted by atomic mass is 79.9. The lowest BCUT2D eigenvalue weighted by atomic mass is 10.0. The Morgan fingerprint density at radius 1 is 1.19 bits per heavy atom. The zero-order valence-corrected chi connectivity index (χ0v) is 16.9. The average Bonchev–Trinajstić information content (AvgIpc) is 2.58. The number of hydrogen-bond donors (Lipinski definition) is 5. The van der Waals surface area contributed by atoms with Gasteiger partial charge in [-0.3, -0.25) is 5.41 Å². The summed E-state index contributed by atoms with van der Waals surface area (Å²) >= 11 is 6.57. The van der Waals surface area contributed by atoms with E-state index in [0.717, 1.165) is 0 Å². The molecule has 0 aliphatic heterocycles. The van der Waals surface area contributed by atoms with E-state index in [1.165, 1.54) is 6.07 Å². The maximum atomic E-state index is 11.9. The van der Waals surface area contributed by atoms with Crippen molar-refractivity contribution < 1.29 is 24.5 Å². The lowest BCUT2D eigenvalue weighted by Crippen LogP contribution is -2.22. The standard InChI is InChI=1S/C17H15Br2N3O5/c18-9-5-11(15(12(19)6-9)27-7-13(23)24)14(17(25)26)22-10-3-1-8(2-4-10)16(20)21/h1-6,14,22H,7H2,(H3,20,21)(H,23,24)(H,25,26). The van der Waals surface area contributed by atoms with E-state index in [1.807, 2.05) is 0 Å². The largest absolute Gasteiger partial charge is 0.480 e. The number of aliphatic carboxylic acids is 2. The van der Waals surface area contributed by atoms with Gasteiger partial charge in [0.1, 0.15) is 11.6 Å². The third-order valence-corrected chi connectivity index (χ3v) is 4.49. The minimum Gasteiger partial charge on any atom is -0.480 e. The number of carboxylic acids is 2. The molecule has 0 aromatic heterocycles. The van der Waals surface area contributed by atoms with Crippen LogP contribution in [0.25, 0.3) is 0 Å². The molecular weight excluding hydrogens is 486 g/mol. The molecule has 0 aliphatic rings. The summed E-state index contributed by atoms with van der Waals surface area (Å²) in [4.78, 5) is 22.7. The van der Waals surface area contributed by atoms with Gasteiger partial charge >= 0.3 is 11.9 Å². The van der Waals surface area contributed by atoms with E-state index in [9.17, 15) is 14.7 Å². The highest BCUT2D eigenvalue weighted by Crippen LogP contribution is 2.37. The first-order valence-electron chi connectivity index (χ1n) is 7.46. The molecule has 8 nitrogen and oxygen atoms in total. The van der Waals surface area contributed by atoms with Crippen molar-refractivity contribution in [3.63, 3.8) is 0 Å². The van der Waals surface area contributed by atoms with E-state index >= 15 is 0 Å². The molecule has 27 heavy (non-hydrogen) atoms. The average molecular weight is 501 g/mol. The van der Waals surface area contributed by atoms with Crippen LogP contribution >= 0.6 is 31.9 Å². The summed E-state index contributed by atoms with van der Waals surface area (Å²) in [5.74, 6) is -2.36. The Kier molecular flexibility index (Phi) is 6.81. The smallest absolute Gasteiger partial charge is 0.341 e. The molecule has 10 heteroatoms. The van der Waals surface area contributed by atoms with Crippen LogP contribution in [0.5, 0.6) is 5.75 Å². The van der Waals surface area contributed by atoms with Crippen molar-refractivity contribution >= 4 is 55.3 Å². The number of hydrogen-bond acceptors (Lipinski definition) is 5. The van der Waals surface area contributed by atoms with E-state index in [1.54, 1.807) is 30.3 Å². The quantitative estimate of drug-likeness (QED) is 0.276. The number of benzene rings is 2. The first-order chi connectivity index (χ1) is 12.7. The molecule has 0 radical (unpaired) electrons. The normalized spacial score (nSPS) is 11.5. The first-order valence-corrected chi connectivity index (χ1v) is 9.05. The molecule has 0 heterocycles. The van der Waals surface area contributed by atoms with Gasteiger partial charge in [0.2, 0.25) is 0 Å². The Labute approximate surface area is 171 Å². The van der Waals surface area contributed by atoms with Gasteiger partial charge in [-0.2, -0.15) is 0 Å². The van der Waals surface area contributed by atoms with Crippen LogP contribution in [0.15, 0.2) is 45.3 Å². The van der Waals surface area contributed by atoms with Gasteiger partial charge < -0.3 is 26.0 Å². The fraction of sp³-hybridized carbons (Fsp3) is 0.118. The van der Waals surface area contributed by atoms with Crippen molar-refractivity contribution in [1.82, 2.24) is 0 Å². The molecule has 1 unspecified atom stereocenters. The van der Waals surface area contributed by atoms with Crippen molar-refractivity contribution in [2.75, 3.05) is 11.9 Å². The van der Waals surface area contributed by atoms with E-state index in [2.05, 4.69) is 37.2 Å². The van der Waals surface area contributed by atoms with Gasteiger partial charge in [-0.05, 0) is 52.3 Å². The van der Waals surface area contributed by atoms with Crippen molar-refractivity contribution in [1.29, 1.82) is 5.41 Å². The van der Waals surface area contributed by atoms with Gasteiger partial charge in [-0.25, -0.2) is 9.59 Å². The number of carbonyl (C=O) groups is 2. The lowest BCUT2D eigenvalue weighted by Gasteiger charge is -2.21. The van der Waals surface area contributed by atoms with Gasteiger partial charge in [0.25, 0.3) is 0 Å². The highest BCUT2D eigenvalue weighted by Gasteiger charge is 2.26. The number of amidine groups is 1. The van der Waals surface area contributed by atoms with Gasteiger partial charge in [0.15, 0.2) is 12.6 Å². The number of carboxylic acid groups (broad SMARTS) is 2. The number of nitrogens with two attached hydrogens (primary N) is 1. The molecular formula is C17H15Br2N3O5. The highest BCUT2D eigenvalue weighted by molar-refractivity contribution is 9.11. The summed E-state index contributed by atoms with van der Waals surface area (Å²) in [6, 6.07) is 8.31. The summed E-state index contributed by atoms with van der Waals surface area (Å²) in [5, 5.41) is 28.8. The second kappa shape index (κ2) is 8.87. The fourth-order valence-corrected chi connectivity index (χ4v) is 3.64. The number of rotatable bonds is 8. The predicted octanol–water partition coefficient (Wildman–Crippen LogP) is 3.20. The van der Waals surface area contributed by atoms with E-state index < -0.39 is 24.6 Å². The minimum absolute atomic E-state index is 0.100. The third-order valence-electron chi connectivity index (χ3n) is 3.44. The molecule has 0 fully saturated rings. The van der Waals surface area contributed by atoms with Gasteiger partial charge in [-0.1, -0.05) is 15.9 Å². The summed E-state index contributed by atoms with van der Waals surface area (Å²) in [6.45, 7) is -0.618. The summed E-state index contributed by atoms with van der Waals surface area (Å²) in [5.41, 5.74) is 6.63. The van der Waals surface area contributed by atoms with E-state index in [4.69, 9.17) is 21.0 Å². The monoisotopic (exact) mass is 499 g/mol. The summed E-state index contributed by atoms with van der Waals surface area (Å²) < 4.78 is 6.29. The Bertz CT molecular complexity index is 887. The van der Waals surface area contributed by atoms with Crippen LogP contribution in [0.4, 0.5) is 5.69 Å². The van der Waals surface area contributed by atoms with Gasteiger partial charge in [0, 0.05) is 21.3 Å². The molecule has 0 bridgehead atoms. The van der Waals surface area contributed by atoms with Crippen LogP contribution in [0.1, 0.15) is 17.2 Å². The second-order valence-electron chi connectivity index (χ2n) is 5.39. The minimum atomic E-state index is -1.22. The van der Waals surface area contributed by atoms with Gasteiger partial charge in [0.05, 0.1) is 4.47 Å². The topological polar surface area (TPSA) is 146 Å². The van der Waals surface area contributed by atoms with Crippen LogP contribution in [-0.4, -0.2) is 34.6 Å². The fourth-order valence-electron chi connectivity index (χ4n) is 2.27. The molecule has 6 N–H and O–H groups in total. The summed E-state index contributed by atoms with van der Waals surface area (Å²) in [6.07, 6.45) is 0. The predicted molar refractivity (Wildman–Crippen MR) is 106 cm³/mol. The van der Waals surface area contributed by atoms with Crippen molar-refractivity contribution in [3.8, 4) is 5.75 Å². The Balaban J connectivity index is 2.41. The Hall–Kier alpha value is -2.59. The number of halogens is 2. The van der Waals surface area contributed by atoms with E-state index in [0.29, 0.717) is 20.2 Å².